The third-order valence-electron chi connectivity index (χ3n) is 3.79. The Hall–Kier alpha value is -3.26. The summed E-state index contributed by atoms with van der Waals surface area (Å²) in [5.74, 6) is -0.0430. The van der Waals surface area contributed by atoms with Crippen LogP contribution in [0.25, 0.3) is 11.4 Å². The molecule has 0 aliphatic heterocycles. The zero-order valence-electron chi connectivity index (χ0n) is 14.7. The summed E-state index contributed by atoms with van der Waals surface area (Å²) in [6, 6.07) is 14.1. The number of sulfone groups is 1. The number of amides is 1. The average molecular weight is 383 g/mol. The number of hydrogen-bond acceptors (Lipinski definition) is 5. The Kier molecular flexibility index (Phi) is 4.91. The normalized spacial score (nSPS) is 11.2. The Morgan fingerprint density at radius 2 is 1.81 bits per heavy atom. The molecular weight excluding hydrogens is 366 g/mol. The molecule has 1 amide bonds. The standard InChI is InChI=1S/C19H17N3O4S/c1-12-9-17(23)22-18(20-12)13-5-3-7-15(10-13)21-19(24)14-6-4-8-16(11-14)27(2,25)26/h3-11H,1-2H3,(H,21,24)(H,20,22,23). The van der Waals surface area contributed by atoms with Crippen LogP contribution in [0.4, 0.5) is 5.69 Å². The number of anilines is 1. The summed E-state index contributed by atoms with van der Waals surface area (Å²) < 4.78 is 23.3. The van der Waals surface area contributed by atoms with Gasteiger partial charge in [0.1, 0.15) is 5.82 Å². The summed E-state index contributed by atoms with van der Waals surface area (Å²) in [6.45, 7) is 1.72. The predicted molar refractivity (Wildman–Crippen MR) is 103 cm³/mol. The van der Waals surface area contributed by atoms with E-state index in [1.54, 1.807) is 31.2 Å². The second-order valence-corrected chi connectivity index (χ2v) is 8.09. The van der Waals surface area contributed by atoms with Gasteiger partial charge < -0.3 is 10.3 Å². The van der Waals surface area contributed by atoms with Gasteiger partial charge in [0, 0.05) is 34.8 Å². The van der Waals surface area contributed by atoms with Crippen LogP contribution in [0.5, 0.6) is 0 Å². The molecule has 0 saturated carbocycles. The molecule has 0 unspecified atom stereocenters. The Bertz CT molecular complexity index is 1180. The molecule has 0 radical (unpaired) electrons. The first-order valence-electron chi connectivity index (χ1n) is 8.02. The number of nitrogens with zero attached hydrogens (tertiary/aromatic N) is 1. The third kappa shape index (κ3) is 4.48. The highest BCUT2D eigenvalue weighted by Crippen LogP contribution is 2.20. The molecule has 27 heavy (non-hydrogen) atoms. The molecule has 0 fully saturated rings. The largest absolute Gasteiger partial charge is 0.322 e. The number of H-pyrrole nitrogens is 1. The van der Waals surface area contributed by atoms with Crippen LogP contribution in [0.2, 0.25) is 0 Å². The number of carbonyl (C=O) groups excluding carboxylic acids is 1. The first-order valence-corrected chi connectivity index (χ1v) is 9.91. The number of aryl methyl sites for hydroxylation is 1. The van der Waals surface area contributed by atoms with Crippen molar-refractivity contribution in [2.24, 2.45) is 0 Å². The summed E-state index contributed by atoms with van der Waals surface area (Å²) in [7, 11) is -3.40. The summed E-state index contributed by atoms with van der Waals surface area (Å²) in [5, 5.41) is 2.72. The molecule has 0 saturated heterocycles. The van der Waals surface area contributed by atoms with Crippen molar-refractivity contribution in [1.82, 2.24) is 9.97 Å². The van der Waals surface area contributed by atoms with Gasteiger partial charge in [-0.3, -0.25) is 9.59 Å². The molecule has 0 bridgehead atoms. The summed E-state index contributed by atoms with van der Waals surface area (Å²) in [5.41, 5.74) is 1.68. The third-order valence-corrected chi connectivity index (χ3v) is 4.90. The van der Waals surface area contributed by atoms with Crippen molar-refractivity contribution in [2.45, 2.75) is 11.8 Å². The highest BCUT2D eigenvalue weighted by atomic mass is 32.2. The van der Waals surface area contributed by atoms with Crippen LogP contribution in [0.15, 0.2) is 64.3 Å². The van der Waals surface area contributed by atoms with Crippen LogP contribution in [-0.2, 0) is 9.84 Å². The van der Waals surface area contributed by atoms with E-state index in [2.05, 4.69) is 15.3 Å². The summed E-state index contributed by atoms with van der Waals surface area (Å²) in [6.07, 6.45) is 1.09. The lowest BCUT2D eigenvalue weighted by Crippen LogP contribution is -2.13. The maximum atomic E-state index is 12.5. The van der Waals surface area contributed by atoms with Gasteiger partial charge in [-0.15, -0.1) is 0 Å². The van der Waals surface area contributed by atoms with Gasteiger partial charge in [0.05, 0.1) is 4.90 Å². The van der Waals surface area contributed by atoms with E-state index < -0.39 is 15.7 Å². The van der Waals surface area contributed by atoms with Crippen molar-refractivity contribution in [3.05, 3.63) is 76.2 Å². The lowest BCUT2D eigenvalue weighted by molar-refractivity contribution is 0.102. The molecular formula is C19H17N3O4S. The lowest BCUT2D eigenvalue weighted by atomic mass is 10.1. The fourth-order valence-corrected chi connectivity index (χ4v) is 3.20. The van der Waals surface area contributed by atoms with Gasteiger partial charge in [-0.1, -0.05) is 18.2 Å². The van der Waals surface area contributed by atoms with Crippen molar-refractivity contribution in [2.75, 3.05) is 11.6 Å². The van der Waals surface area contributed by atoms with E-state index >= 15 is 0 Å². The van der Waals surface area contributed by atoms with Crippen molar-refractivity contribution in [1.29, 1.82) is 0 Å². The smallest absolute Gasteiger partial charge is 0.255 e. The number of aromatic nitrogens is 2. The van der Waals surface area contributed by atoms with Crippen LogP contribution < -0.4 is 10.9 Å². The minimum Gasteiger partial charge on any atom is -0.322 e. The highest BCUT2D eigenvalue weighted by Gasteiger charge is 2.12. The second kappa shape index (κ2) is 7.16. The molecule has 8 heteroatoms. The Balaban J connectivity index is 1.88. The monoisotopic (exact) mass is 383 g/mol. The van der Waals surface area contributed by atoms with E-state index in [0.717, 1.165) is 6.26 Å². The molecule has 2 aromatic carbocycles. The predicted octanol–water partition coefficient (Wildman–Crippen LogP) is 2.40. The minimum absolute atomic E-state index is 0.0745. The van der Waals surface area contributed by atoms with Crippen molar-refractivity contribution >= 4 is 21.4 Å². The van der Waals surface area contributed by atoms with Gasteiger partial charge in [0.2, 0.25) is 0 Å². The van der Waals surface area contributed by atoms with E-state index in [9.17, 15) is 18.0 Å². The van der Waals surface area contributed by atoms with E-state index in [1.165, 1.54) is 30.3 Å². The van der Waals surface area contributed by atoms with Gasteiger partial charge in [0.25, 0.3) is 11.5 Å². The summed E-state index contributed by atoms with van der Waals surface area (Å²) >= 11 is 0. The van der Waals surface area contributed by atoms with E-state index in [0.29, 0.717) is 22.8 Å². The zero-order valence-corrected chi connectivity index (χ0v) is 15.5. The number of nitrogens with one attached hydrogen (secondary N) is 2. The van der Waals surface area contributed by atoms with Gasteiger partial charge >= 0.3 is 0 Å². The highest BCUT2D eigenvalue weighted by molar-refractivity contribution is 7.90. The Morgan fingerprint density at radius 1 is 1.07 bits per heavy atom. The molecule has 3 rings (SSSR count). The van der Waals surface area contributed by atoms with Crippen LogP contribution >= 0.6 is 0 Å². The molecule has 1 aromatic heterocycles. The topological polar surface area (TPSA) is 109 Å². The van der Waals surface area contributed by atoms with Gasteiger partial charge in [0.15, 0.2) is 9.84 Å². The Morgan fingerprint density at radius 3 is 2.52 bits per heavy atom. The first-order chi connectivity index (χ1) is 12.7. The number of aromatic amines is 1. The average Bonchev–Trinajstić information content (AvgIpc) is 2.60. The fourth-order valence-electron chi connectivity index (χ4n) is 2.53. The van der Waals surface area contributed by atoms with Gasteiger partial charge in [-0.05, 0) is 37.3 Å². The lowest BCUT2D eigenvalue weighted by Gasteiger charge is -2.08. The van der Waals surface area contributed by atoms with E-state index in [4.69, 9.17) is 0 Å². The van der Waals surface area contributed by atoms with Gasteiger partial charge in [-0.2, -0.15) is 0 Å². The Labute approximate surface area is 156 Å². The van der Waals surface area contributed by atoms with Crippen LogP contribution in [0.3, 0.4) is 0 Å². The number of hydrogen-bond donors (Lipinski definition) is 2. The molecule has 7 nitrogen and oxygen atoms in total. The number of benzene rings is 2. The quantitative estimate of drug-likeness (QED) is 0.719. The maximum absolute atomic E-state index is 12.5. The van der Waals surface area contributed by atoms with Gasteiger partial charge in [-0.25, -0.2) is 13.4 Å². The van der Waals surface area contributed by atoms with Crippen molar-refractivity contribution < 1.29 is 13.2 Å². The van der Waals surface area contributed by atoms with E-state index in [1.807, 2.05) is 0 Å². The molecule has 3 aromatic rings. The molecule has 0 atom stereocenters. The zero-order chi connectivity index (χ0) is 19.6. The second-order valence-electron chi connectivity index (χ2n) is 6.07. The molecule has 138 valence electrons. The molecule has 0 spiro atoms. The van der Waals surface area contributed by atoms with Crippen LogP contribution in [0, 0.1) is 6.92 Å². The van der Waals surface area contributed by atoms with Crippen LogP contribution in [0.1, 0.15) is 16.1 Å². The number of carbonyl (C=O) groups is 1. The molecule has 1 heterocycles. The van der Waals surface area contributed by atoms with Crippen molar-refractivity contribution in [3.63, 3.8) is 0 Å². The van der Waals surface area contributed by atoms with Crippen molar-refractivity contribution in [3.8, 4) is 11.4 Å². The molecule has 2 N–H and O–H groups in total. The first kappa shape index (κ1) is 18.5. The van der Waals surface area contributed by atoms with Crippen LogP contribution in [-0.4, -0.2) is 30.5 Å². The number of rotatable bonds is 4. The minimum atomic E-state index is -3.40. The van der Waals surface area contributed by atoms with E-state index in [-0.39, 0.29) is 16.0 Å². The summed E-state index contributed by atoms with van der Waals surface area (Å²) in [4.78, 5) is 31.1. The molecule has 0 aliphatic rings. The maximum Gasteiger partial charge on any atom is 0.255 e. The fraction of sp³-hybridized carbons (Fsp3) is 0.105. The molecule has 0 aliphatic carbocycles. The SMILES string of the molecule is Cc1cc(=O)[nH]c(-c2cccc(NC(=O)c3cccc(S(C)(=O)=O)c3)c2)n1.